The summed E-state index contributed by atoms with van der Waals surface area (Å²) in [6.45, 7) is 6.75. The molecule has 8 nitrogen and oxygen atoms in total. The zero-order valence-electron chi connectivity index (χ0n) is 22.4. The van der Waals surface area contributed by atoms with Gasteiger partial charge in [-0.15, -0.1) is 0 Å². The van der Waals surface area contributed by atoms with Crippen LogP contribution < -0.4 is 5.32 Å². The maximum absolute atomic E-state index is 12.2. The molecule has 0 spiro atoms. The first-order chi connectivity index (χ1) is 16.3. The van der Waals surface area contributed by atoms with Gasteiger partial charge in [0.15, 0.2) is 0 Å². The summed E-state index contributed by atoms with van der Waals surface area (Å²) in [5.41, 5.74) is 0.00776. The topological polar surface area (TPSA) is 144 Å². The second-order valence-corrected chi connectivity index (χ2v) is 14.3. The SMILES string of the molecule is C[C@H](CCC(=O)NCCS(=O)(=O)O)[C@H]1CC[C@H]2[C@@H]3[C@H](O)[C@H](O)[C@@H]4C[C@H](O)CC[C@]4(C)[C@H]3CC[C@]12C.[Na]. The molecule has 0 aromatic heterocycles. The Labute approximate surface area is 238 Å². The molecule has 0 unspecified atom stereocenters. The van der Waals surface area contributed by atoms with Crippen LogP contribution in [0.1, 0.15) is 78.6 Å². The number of nitrogens with one attached hydrogen (secondary N) is 1. The fraction of sp³-hybridized carbons (Fsp3) is 0.962. The van der Waals surface area contributed by atoms with E-state index in [4.69, 9.17) is 4.55 Å². The van der Waals surface area contributed by atoms with Crippen molar-refractivity contribution in [2.24, 2.45) is 46.3 Å². The number of carbonyl (C=O) groups is 1. The molecule has 0 bridgehead atoms. The third kappa shape index (κ3) is 5.74. The minimum absolute atomic E-state index is 0. The summed E-state index contributed by atoms with van der Waals surface area (Å²) < 4.78 is 30.5. The van der Waals surface area contributed by atoms with Gasteiger partial charge in [0.1, 0.15) is 0 Å². The minimum atomic E-state index is -4.08. The molecule has 4 aliphatic rings. The van der Waals surface area contributed by atoms with Crippen molar-refractivity contribution in [2.75, 3.05) is 12.3 Å². The van der Waals surface area contributed by atoms with Crippen LogP contribution in [0.2, 0.25) is 0 Å². The maximum Gasteiger partial charge on any atom is 0.266 e. The normalized spacial score (nSPS) is 45.0. The van der Waals surface area contributed by atoms with Crippen molar-refractivity contribution in [2.45, 2.75) is 96.9 Å². The van der Waals surface area contributed by atoms with Gasteiger partial charge in [0.05, 0.1) is 24.1 Å². The van der Waals surface area contributed by atoms with E-state index in [0.717, 1.165) is 38.5 Å². The molecule has 4 saturated carbocycles. The summed E-state index contributed by atoms with van der Waals surface area (Å²) in [5.74, 6) is 0.781. The Hall–Kier alpha value is 0.260. The summed E-state index contributed by atoms with van der Waals surface area (Å²) in [5, 5.41) is 35.4. The third-order valence-corrected chi connectivity index (χ3v) is 11.7. The van der Waals surface area contributed by atoms with E-state index >= 15 is 0 Å². The van der Waals surface area contributed by atoms with E-state index in [0.29, 0.717) is 42.9 Å². The van der Waals surface area contributed by atoms with Gasteiger partial charge in [-0.25, -0.2) is 0 Å². The first kappa shape index (κ1) is 30.8. The quantitative estimate of drug-likeness (QED) is 0.246. The van der Waals surface area contributed by atoms with E-state index in [2.05, 4.69) is 26.1 Å². The molecule has 0 heterocycles. The molecule has 1 amide bonds. The Balaban J connectivity index is 0.00000361. The molecule has 0 aromatic rings. The summed E-state index contributed by atoms with van der Waals surface area (Å²) in [6.07, 6.45) is 5.54. The molecule has 203 valence electrons. The molecule has 4 rings (SSSR count). The zero-order chi connectivity index (χ0) is 25.8. The van der Waals surface area contributed by atoms with Gasteiger partial charge in [-0.3, -0.25) is 9.35 Å². The molecule has 0 saturated heterocycles. The Kier molecular flexibility index (Phi) is 9.75. The maximum atomic E-state index is 12.2. The van der Waals surface area contributed by atoms with Gasteiger partial charge in [0.25, 0.3) is 10.1 Å². The van der Waals surface area contributed by atoms with E-state index in [-0.39, 0.29) is 70.8 Å². The van der Waals surface area contributed by atoms with Gasteiger partial charge in [0, 0.05) is 42.5 Å². The number of carbonyl (C=O) groups excluding carboxylic acids is 1. The van der Waals surface area contributed by atoms with Crippen LogP contribution in [0.5, 0.6) is 0 Å². The van der Waals surface area contributed by atoms with E-state index in [1.54, 1.807) is 0 Å². The second kappa shape index (κ2) is 11.4. The largest absolute Gasteiger partial charge is 0.393 e. The number of hydrogen-bond acceptors (Lipinski definition) is 6. The summed E-state index contributed by atoms with van der Waals surface area (Å²) in [6, 6.07) is 0. The molecule has 5 N–H and O–H groups in total. The Morgan fingerprint density at radius 3 is 2.28 bits per heavy atom. The number of fused-ring (bicyclic) bond motifs is 5. The fourth-order valence-corrected chi connectivity index (χ4v) is 9.54. The Morgan fingerprint density at radius 1 is 0.972 bits per heavy atom. The van der Waals surface area contributed by atoms with Gasteiger partial charge in [-0.2, -0.15) is 8.42 Å². The van der Waals surface area contributed by atoms with Crippen molar-refractivity contribution in [1.82, 2.24) is 5.32 Å². The van der Waals surface area contributed by atoms with Crippen molar-refractivity contribution in [3.8, 4) is 0 Å². The van der Waals surface area contributed by atoms with Crippen molar-refractivity contribution < 1.29 is 33.1 Å². The molecule has 0 aromatic carbocycles. The number of aliphatic hydroxyl groups is 3. The Morgan fingerprint density at radius 2 is 1.61 bits per heavy atom. The van der Waals surface area contributed by atoms with Crippen LogP contribution in [0.15, 0.2) is 0 Å². The average molecular weight is 539 g/mol. The van der Waals surface area contributed by atoms with Crippen LogP contribution in [-0.4, -0.2) is 94.4 Å². The van der Waals surface area contributed by atoms with Crippen LogP contribution in [0.25, 0.3) is 0 Å². The van der Waals surface area contributed by atoms with Crippen molar-refractivity contribution in [1.29, 1.82) is 0 Å². The standard InChI is InChI=1S/C26H45NO7S.Na/c1-15(4-7-21(29)27-12-13-35(32,33)34)17-5-6-18-22-19(9-11-25(17,18)2)26(3)10-8-16(28)14-20(26)23(30)24(22)31;/h15-20,22-24,28,30-31H,4-14H2,1-3H3,(H,27,29)(H,32,33,34);/t15-,16-,17-,18+,19+,20+,22+,23-,24+,25-,26-;/m1./s1. The molecule has 0 aliphatic heterocycles. The van der Waals surface area contributed by atoms with Gasteiger partial charge in [-0.1, -0.05) is 20.8 Å². The van der Waals surface area contributed by atoms with Crippen molar-refractivity contribution >= 4 is 45.6 Å². The summed E-state index contributed by atoms with van der Waals surface area (Å²) >= 11 is 0. The molecule has 1 radical (unpaired) electrons. The second-order valence-electron chi connectivity index (χ2n) is 12.7. The van der Waals surface area contributed by atoms with Crippen LogP contribution in [0.3, 0.4) is 0 Å². The van der Waals surface area contributed by atoms with Gasteiger partial charge >= 0.3 is 0 Å². The first-order valence-corrected chi connectivity index (χ1v) is 15.1. The van der Waals surface area contributed by atoms with E-state index in [1.165, 1.54) is 0 Å². The van der Waals surface area contributed by atoms with Crippen molar-refractivity contribution in [3.63, 3.8) is 0 Å². The predicted octanol–water partition coefficient (Wildman–Crippen LogP) is 1.99. The van der Waals surface area contributed by atoms with E-state index < -0.39 is 28.1 Å². The molecule has 4 fully saturated rings. The average Bonchev–Trinajstić information content (AvgIpc) is 3.13. The summed E-state index contributed by atoms with van der Waals surface area (Å²) in [7, 11) is -4.08. The fourth-order valence-electron chi connectivity index (χ4n) is 9.18. The van der Waals surface area contributed by atoms with Crippen LogP contribution >= 0.6 is 0 Å². The van der Waals surface area contributed by atoms with Gasteiger partial charge in [0.2, 0.25) is 5.91 Å². The minimum Gasteiger partial charge on any atom is -0.393 e. The summed E-state index contributed by atoms with van der Waals surface area (Å²) in [4.78, 5) is 12.2. The third-order valence-electron chi connectivity index (χ3n) is 11.0. The van der Waals surface area contributed by atoms with Crippen LogP contribution in [0, 0.1) is 46.3 Å². The predicted molar refractivity (Wildman–Crippen MR) is 138 cm³/mol. The zero-order valence-corrected chi connectivity index (χ0v) is 25.2. The smallest absolute Gasteiger partial charge is 0.266 e. The molecule has 11 atom stereocenters. The Bertz CT molecular complexity index is 903. The van der Waals surface area contributed by atoms with E-state index in [9.17, 15) is 28.5 Å². The number of amides is 1. The molecule has 4 aliphatic carbocycles. The molecule has 10 heteroatoms. The van der Waals surface area contributed by atoms with Crippen LogP contribution in [-0.2, 0) is 14.9 Å². The van der Waals surface area contributed by atoms with Crippen LogP contribution in [0.4, 0.5) is 0 Å². The number of aliphatic hydroxyl groups excluding tert-OH is 3. The number of rotatable bonds is 7. The van der Waals surface area contributed by atoms with Crippen molar-refractivity contribution in [3.05, 3.63) is 0 Å². The monoisotopic (exact) mass is 538 g/mol. The van der Waals surface area contributed by atoms with E-state index in [1.807, 2.05) is 0 Å². The van der Waals surface area contributed by atoms with Gasteiger partial charge in [-0.05, 0) is 97.7 Å². The molecular formula is C26H45NNaO7S. The molecule has 36 heavy (non-hydrogen) atoms. The molecular weight excluding hydrogens is 493 g/mol. The van der Waals surface area contributed by atoms with Gasteiger partial charge < -0.3 is 20.6 Å². The number of hydrogen-bond donors (Lipinski definition) is 5. The first-order valence-electron chi connectivity index (χ1n) is 13.5.